The van der Waals surface area contributed by atoms with Gasteiger partial charge in [-0.2, -0.15) is 5.10 Å². The van der Waals surface area contributed by atoms with Gasteiger partial charge < -0.3 is 20.5 Å². The van der Waals surface area contributed by atoms with Gasteiger partial charge in [0.1, 0.15) is 5.69 Å². The van der Waals surface area contributed by atoms with Crippen molar-refractivity contribution in [2.24, 2.45) is 17.6 Å². The van der Waals surface area contributed by atoms with Crippen LogP contribution in [0.1, 0.15) is 36.2 Å². The zero-order valence-corrected chi connectivity index (χ0v) is 18.3. The topological polar surface area (TPSA) is 109 Å². The lowest BCUT2D eigenvalue weighted by molar-refractivity contribution is 0.410. The van der Waals surface area contributed by atoms with E-state index in [0.29, 0.717) is 18.3 Å². The molecule has 7 heteroatoms. The minimum atomic E-state index is 0.551. The Kier molecular flexibility index (Phi) is 4.14. The van der Waals surface area contributed by atoms with E-state index in [4.69, 9.17) is 20.2 Å². The lowest BCUT2D eigenvalue weighted by Crippen LogP contribution is -2.29. The highest BCUT2D eigenvalue weighted by Gasteiger charge is 2.39. The van der Waals surface area contributed by atoms with E-state index < -0.39 is 0 Å². The van der Waals surface area contributed by atoms with E-state index in [-0.39, 0.29) is 0 Å². The van der Waals surface area contributed by atoms with Crippen LogP contribution in [0.25, 0.3) is 28.7 Å². The SMILES string of the molecule is NC1=CC=C(c2ccoc2)c2nc(-c3n[nH]c4c3=C3C[C@@H]3C(C3CCNCC3)=CC=4)[nH]c2C1. The molecule has 3 aromatic rings. The van der Waals surface area contributed by atoms with Crippen LogP contribution in [0.15, 0.2) is 52.5 Å². The summed E-state index contributed by atoms with van der Waals surface area (Å²) in [7, 11) is 0. The number of rotatable bonds is 3. The molecule has 0 spiro atoms. The molecule has 4 aliphatic rings. The molecule has 7 rings (SSSR count). The van der Waals surface area contributed by atoms with E-state index in [1.165, 1.54) is 23.6 Å². The van der Waals surface area contributed by atoms with Gasteiger partial charge in [0.25, 0.3) is 0 Å². The van der Waals surface area contributed by atoms with Gasteiger partial charge in [0.05, 0.1) is 23.6 Å². The summed E-state index contributed by atoms with van der Waals surface area (Å²) in [5, 5.41) is 13.8. The second-order valence-corrected chi connectivity index (χ2v) is 9.42. The van der Waals surface area contributed by atoms with Crippen LogP contribution in [0.4, 0.5) is 0 Å². The summed E-state index contributed by atoms with van der Waals surface area (Å²) in [6, 6.07) is 1.95. The Morgan fingerprint density at radius 1 is 1.06 bits per heavy atom. The molecule has 1 saturated carbocycles. The Morgan fingerprint density at radius 2 is 1.97 bits per heavy atom. The molecule has 7 nitrogen and oxygen atoms in total. The first kappa shape index (κ1) is 18.9. The number of aromatic nitrogens is 4. The number of fused-ring (bicyclic) bond motifs is 3. The fraction of sp³-hybridized carbons (Fsp3) is 0.308. The number of aromatic amines is 2. The quantitative estimate of drug-likeness (QED) is 0.501. The lowest BCUT2D eigenvalue weighted by Gasteiger charge is -2.25. The number of hydrogen-bond acceptors (Lipinski definition) is 5. The molecular weight excluding hydrogens is 412 g/mol. The third-order valence-corrected chi connectivity index (χ3v) is 7.39. The van der Waals surface area contributed by atoms with Gasteiger partial charge in [-0.3, -0.25) is 5.10 Å². The van der Waals surface area contributed by atoms with Gasteiger partial charge in [-0.05, 0) is 56.5 Å². The maximum absolute atomic E-state index is 6.24. The lowest BCUT2D eigenvalue weighted by atomic mass is 9.86. The number of H-pyrrole nitrogens is 2. The van der Waals surface area contributed by atoms with Crippen molar-refractivity contribution < 1.29 is 4.42 Å². The Balaban J connectivity index is 1.32. The van der Waals surface area contributed by atoms with Crippen LogP contribution in [0, 0.1) is 11.8 Å². The first-order valence-electron chi connectivity index (χ1n) is 11.7. The van der Waals surface area contributed by atoms with Gasteiger partial charge in [0.2, 0.25) is 0 Å². The summed E-state index contributed by atoms with van der Waals surface area (Å²) in [5.74, 6) is 2.02. The zero-order valence-electron chi connectivity index (χ0n) is 18.3. The van der Waals surface area contributed by atoms with Crippen molar-refractivity contribution in [3.63, 3.8) is 0 Å². The molecule has 0 radical (unpaired) electrons. The molecule has 0 bridgehead atoms. The second-order valence-electron chi connectivity index (χ2n) is 9.42. The van der Waals surface area contributed by atoms with Crippen LogP contribution < -0.4 is 21.6 Å². The number of imidazole rings is 1. The van der Waals surface area contributed by atoms with Crippen molar-refractivity contribution in [1.29, 1.82) is 0 Å². The maximum Gasteiger partial charge on any atom is 0.159 e. The Labute approximate surface area is 190 Å². The molecule has 1 atom stereocenters. The molecule has 3 aliphatic carbocycles. The van der Waals surface area contributed by atoms with Crippen molar-refractivity contribution in [2.45, 2.75) is 25.7 Å². The Hall–Kier alpha value is -3.58. The largest absolute Gasteiger partial charge is 0.472 e. The fourth-order valence-electron chi connectivity index (χ4n) is 5.66. The van der Waals surface area contributed by atoms with Gasteiger partial charge in [-0.1, -0.05) is 23.3 Å². The summed E-state index contributed by atoms with van der Waals surface area (Å²) in [4.78, 5) is 8.58. The predicted octanol–water partition coefficient (Wildman–Crippen LogP) is 2.11. The summed E-state index contributed by atoms with van der Waals surface area (Å²) in [6.07, 6.45) is 16.2. The summed E-state index contributed by atoms with van der Waals surface area (Å²) in [5.41, 5.74) is 14.9. The average Bonchev–Trinajstić information content (AvgIpc) is 3.14. The first-order valence-corrected chi connectivity index (χ1v) is 11.7. The van der Waals surface area contributed by atoms with Crippen LogP contribution in [-0.2, 0) is 6.42 Å². The monoisotopic (exact) mass is 438 g/mol. The summed E-state index contributed by atoms with van der Waals surface area (Å²) >= 11 is 0. The average molecular weight is 439 g/mol. The van der Waals surface area contributed by atoms with Gasteiger partial charge in [-0.15, -0.1) is 0 Å². The maximum atomic E-state index is 6.24. The fourth-order valence-corrected chi connectivity index (χ4v) is 5.66. The highest BCUT2D eigenvalue weighted by molar-refractivity contribution is 5.82. The molecule has 0 unspecified atom stereocenters. The normalized spacial score (nSPS) is 22.1. The Bertz CT molecular complexity index is 1460. The second kappa shape index (κ2) is 7.22. The van der Waals surface area contributed by atoms with Crippen molar-refractivity contribution >= 4 is 17.2 Å². The third kappa shape index (κ3) is 3.07. The molecule has 166 valence electrons. The van der Waals surface area contributed by atoms with Gasteiger partial charge in [-0.25, -0.2) is 4.98 Å². The molecule has 2 fully saturated rings. The molecular formula is C26H26N6O. The molecule has 1 saturated heterocycles. The van der Waals surface area contributed by atoms with Crippen molar-refractivity contribution in [3.05, 3.63) is 75.6 Å². The van der Waals surface area contributed by atoms with E-state index in [0.717, 1.165) is 64.6 Å². The number of nitrogens with two attached hydrogens (primary N) is 1. The van der Waals surface area contributed by atoms with Crippen LogP contribution in [0.5, 0.6) is 0 Å². The number of nitrogens with zero attached hydrogens (tertiary/aromatic N) is 2. The number of allylic oxidation sites excluding steroid dienone is 5. The molecule has 33 heavy (non-hydrogen) atoms. The van der Waals surface area contributed by atoms with Crippen LogP contribution in [0.2, 0.25) is 0 Å². The highest BCUT2D eigenvalue weighted by Crippen LogP contribution is 2.49. The standard InChI is InChI=1S/C26H26N6O/c27-16-1-2-18(15-7-10-33-13-15)24-22(11-16)29-26(30-24)25-23-20-12-19(20)17(3-4-21(23)31-32-25)14-5-8-28-9-6-14/h1-4,7,10,13-14,19,28,31H,5-6,8-9,11-12,27H2,(H,29,30)/t19-/m1/s1. The minimum Gasteiger partial charge on any atom is -0.472 e. The van der Waals surface area contributed by atoms with Crippen LogP contribution >= 0.6 is 0 Å². The number of hydrogen-bond donors (Lipinski definition) is 4. The minimum absolute atomic E-state index is 0.551. The van der Waals surface area contributed by atoms with Gasteiger partial charge >= 0.3 is 0 Å². The Morgan fingerprint density at radius 3 is 2.82 bits per heavy atom. The summed E-state index contributed by atoms with van der Waals surface area (Å²) < 4.78 is 5.33. The number of furan rings is 1. The molecule has 5 N–H and O–H groups in total. The molecule has 1 aliphatic heterocycles. The van der Waals surface area contributed by atoms with Crippen molar-refractivity contribution in [3.8, 4) is 11.5 Å². The van der Waals surface area contributed by atoms with Crippen molar-refractivity contribution in [1.82, 2.24) is 25.5 Å². The number of piperidine rings is 1. The van der Waals surface area contributed by atoms with Crippen LogP contribution in [-0.4, -0.2) is 33.3 Å². The van der Waals surface area contributed by atoms with Gasteiger partial charge in [0, 0.05) is 40.1 Å². The molecule has 3 aromatic heterocycles. The van der Waals surface area contributed by atoms with Crippen molar-refractivity contribution in [2.75, 3.05) is 13.1 Å². The van der Waals surface area contributed by atoms with Gasteiger partial charge in [0.15, 0.2) is 5.82 Å². The zero-order chi connectivity index (χ0) is 21.9. The summed E-state index contributed by atoms with van der Waals surface area (Å²) in [6.45, 7) is 2.23. The van der Waals surface area contributed by atoms with E-state index in [2.05, 4.69) is 27.6 Å². The first-order chi connectivity index (χ1) is 16.3. The third-order valence-electron chi connectivity index (χ3n) is 7.39. The smallest absolute Gasteiger partial charge is 0.159 e. The van der Waals surface area contributed by atoms with Crippen LogP contribution in [0.3, 0.4) is 0 Å². The van der Waals surface area contributed by atoms with E-state index in [1.54, 1.807) is 18.1 Å². The predicted molar refractivity (Wildman–Crippen MR) is 127 cm³/mol. The van der Waals surface area contributed by atoms with E-state index in [1.807, 2.05) is 18.2 Å². The molecule has 4 heterocycles. The molecule has 0 amide bonds. The van der Waals surface area contributed by atoms with E-state index in [9.17, 15) is 0 Å². The van der Waals surface area contributed by atoms with E-state index >= 15 is 0 Å². The highest BCUT2D eigenvalue weighted by atomic mass is 16.3. The number of nitrogens with one attached hydrogen (secondary N) is 3. The molecule has 0 aromatic carbocycles.